The first kappa shape index (κ1) is 10.3. The lowest BCUT2D eigenvalue weighted by atomic mass is 10.6. The molecule has 1 aromatic heterocycles. The average molecular weight is 178 g/mol. The molecule has 0 saturated heterocycles. The molecule has 6 heteroatoms. The van der Waals surface area contributed by atoms with Crippen LogP contribution in [0.15, 0.2) is 0 Å². The van der Waals surface area contributed by atoms with Crippen LogP contribution in [0.25, 0.3) is 0 Å². The third-order valence-electron chi connectivity index (χ3n) is 1.24. The van der Waals surface area contributed by atoms with Crippen LogP contribution in [0.4, 0.5) is 0 Å². The smallest absolute Gasteiger partial charge is 0.164 e. The number of aromatic nitrogens is 4. The summed E-state index contributed by atoms with van der Waals surface area (Å²) in [4.78, 5) is 0. The van der Waals surface area contributed by atoms with Gasteiger partial charge in [-0.1, -0.05) is 6.92 Å². The predicted octanol–water partition coefficient (Wildman–Crippen LogP) is -0.259. The Morgan fingerprint density at radius 1 is 1.55 bits per heavy atom. The van der Waals surface area contributed by atoms with Crippen molar-refractivity contribution in [1.29, 1.82) is 0 Å². The Kier molecular flexibility index (Phi) is 4.72. The van der Waals surface area contributed by atoms with Gasteiger partial charge in [0, 0.05) is 7.05 Å². The SMILES string of the molecule is CCNCc1nnnn1C.Cl. The van der Waals surface area contributed by atoms with E-state index in [1.54, 1.807) is 4.68 Å². The Morgan fingerprint density at radius 3 is 2.73 bits per heavy atom. The van der Waals surface area contributed by atoms with Crippen LogP contribution in [0.1, 0.15) is 12.7 Å². The number of aryl methyl sites for hydroxylation is 1. The molecule has 64 valence electrons. The van der Waals surface area contributed by atoms with Gasteiger partial charge in [-0.15, -0.1) is 17.5 Å². The molecule has 0 spiro atoms. The topological polar surface area (TPSA) is 55.6 Å². The highest BCUT2D eigenvalue weighted by atomic mass is 35.5. The maximum Gasteiger partial charge on any atom is 0.164 e. The first-order valence-corrected chi connectivity index (χ1v) is 3.26. The summed E-state index contributed by atoms with van der Waals surface area (Å²) in [5.41, 5.74) is 0. The van der Waals surface area contributed by atoms with Crippen molar-refractivity contribution in [3.63, 3.8) is 0 Å². The molecule has 0 aliphatic rings. The highest BCUT2D eigenvalue weighted by Gasteiger charge is 1.97. The predicted molar refractivity (Wildman–Crippen MR) is 43.4 cm³/mol. The second-order valence-corrected chi connectivity index (χ2v) is 2.00. The number of rotatable bonds is 3. The average Bonchev–Trinajstić information content (AvgIpc) is 2.31. The number of hydrogen-bond donors (Lipinski definition) is 1. The van der Waals surface area contributed by atoms with Crippen LogP contribution < -0.4 is 5.32 Å². The number of halogens is 1. The number of nitrogens with one attached hydrogen (secondary N) is 1. The van der Waals surface area contributed by atoms with Crippen LogP contribution >= 0.6 is 12.4 Å². The Bertz CT molecular complexity index is 199. The van der Waals surface area contributed by atoms with E-state index in [4.69, 9.17) is 0 Å². The fraction of sp³-hybridized carbons (Fsp3) is 0.800. The standard InChI is InChI=1S/C5H11N5.ClH/c1-3-6-4-5-7-8-9-10(5)2;/h6H,3-4H2,1-2H3;1H. The molecule has 0 fully saturated rings. The van der Waals surface area contributed by atoms with Gasteiger partial charge in [0.15, 0.2) is 5.82 Å². The van der Waals surface area contributed by atoms with Gasteiger partial charge in [-0.05, 0) is 17.0 Å². The van der Waals surface area contributed by atoms with Gasteiger partial charge in [-0.25, -0.2) is 4.68 Å². The van der Waals surface area contributed by atoms with Crippen molar-refractivity contribution >= 4 is 12.4 Å². The molecular weight excluding hydrogens is 166 g/mol. The fourth-order valence-electron chi connectivity index (χ4n) is 0.635. The molecule has 0 atom stereocenters. The van der Waals surface area contributed by atoms with Crippen molar-refractivity contribution < 1.29 is 0 Å². The molecule has 5 nitrogen and oxygen atoms in total. The molecule has 0 unspecified atom stereocenters. The zero-order valence-corrected chi connectivity index (χ0v) is 7.43. The summed E-state index contributed by atoms with van der Waals surface area (Å²) in [7, 11) is 1.83. The van der Waals surface area contributed by atoms with Crippen LogP contribution in [0.5, 0.6) is 0 Å². The molecule has 0 aliphatic heterocycles. The van der Waals surface area contributed by atoms with Crippen molar-refractivity contribution in [2.24, 2.45) is 7.05 Å². The lowest BCUT2D eigenvalue weighted by Crippen LogP contribution is -2.15. The van der Waals surface area contributed by atoms with Crippen LogP contribution in [0.3, 0.4) is 0 Å². The maximum absolute atomic E-state index is 3.79. The molecule has 0 aliphatic carbocycles. The third-order valence-corrected chi connectivity index (χ3v) is 1.24. The summed E-state index contributed by atoms with van der Waals surface area (Å²) in [5, 5.41) is 14.1. The summed E-state index contributed by atoms with van der Waals surface area (Å²) >= 11 is 0. The van der Waals surface area contributed by atoms with Crippen molar-refractivity contribution in [3.8, 4) is 0 Å². The molecule has 1 rings (SSSR count). The maximum atomic E-state index is 3.79. The van der Waals surface area contributed by atoms with Gasteiger partial charge in [0.2, 0.25) is 0 Å². The van der Waals surface area contributed by atoms with E-state index in [-0.39, 0.29) is 12.4 Å². The third kappa shape index (κ3) is 2.81. The molecule has 0 saturated carbocycles. The minimum absolute atomic E-state index is 0. The van der Waals surface area contributed by atoms with Crippen molar-refractivity contribution in [3.05, 3.63) is 5.82 Å². The van der Waals surface area contributed by atoms with Crippen molar-refractivity contribution in [2.45, 2.75) is 13.5 Å². The largest absolute Gasteiger partial charge is 0.310 e. The van der Waals surface area contributed by atoms with Gasteiger partial charge in [0.05, 0.1) is 6.54 Å². The van der Waals surface area contributed by atoms with Crippen LogP contribution in [-0.2, 0) is 13.6 Å². The van der Waals surface area contributed by atoms with E-state index in [9.17, 15) is 0 Å². The quantitative estimate of drug-likeness (QED) is 0.692. The molecule has 1 heterocycles. The van der Waals surface area contributed by atoms with Crippen LogP contribution in [-0.4, -0.2) is 26.8 Å². The van der Waals surface area contributed by atoms with Gasteiger partial charge >= 0.3 is 0 Å². The Balaban J connectivity index is 0.000001000. The minimum atomic E-state index is 0. The van der Waals surface area contributed by atoms with E-state index in [1.165, 1.54) is 0 Å². The van der Waals surface area contributed by atoms with Gasteiger partial charge < -0.3 is 5.32 Å². The monoisotopic (exact) mass is 177 g/mol. The number of hydrogen-bond acceptors (Lipinski definition) is 4. The van der Waals surface area contributed by atoms with Gasteiger partial charge in [-0.3, -0.25) is 0 Å². The molecule has 1 aromatic rings. The first-order valence-electron chi connectivity index (χ1n) is 3.26. The van der Waals surface area contributed by atoms with E-state index in [1.807, 2.05) is 14.0 Å². The normalized spacial score (nSPS) is 9.27. The number of tetrazole rings is 1. The molecular formula is C5H12ClN5. The molecule has 1 N–H and O–H groups in total. The lowest BCUT2D eigenvalue weighted by Gasteiger charge is -1.97. The Labute approximate surface area is 71.6 Å². The second-order valence-electron chi connectivity index (χ2n) is 2.00. The van der Waals surface area contributed by atoms with E-state index in [2.05, 4.69) is 20.8 Å². The summed E-state index contributed by atoms with van der Waals surface area (Å²) in [6.07, 6.45) is 0. The summed E-state index contributed by atoms with van der Waals surface area (Å²) in [6.45, 7) is 3.72. The zero-order chi connectivity index (χ0) is 7.40. The fourth-order valence-corrected chi connectivity index (χ4v) is 0.635. The van der Waals surface area contributed by atoms with Crippen LogP contribution in [0, 0.1) is 0 Å². The zero-order valence-electron chi connectivity index (χ0n) is 6.61. The molecule has 0 aromatic carbocycles. The van der Waals surface area contributed by atoms with Gasteiger partial charge in [0.1, 0.15) is 0 Å². The Hall–Kier alpha value is -0.680. The molecule has 0 radical (unpaired) electrons. The molecule has 11 heavy (non-hydrogen) atoms. The summed E-state index contributed by atoms with van der Waals surface area (Å²) < 4.78 is 1.66. The van der Waals surface area contributed by atoms with E-state index < -0.39 is 0 Å². The second kappa shape index (κ2) is 5.03. The number of nitrogens with zero attached hydrogens (tertiary/aromatic N) is 4. The van der Waals surface area contributed by atoms with E-state index in [0.29, 0.717) is 0 Å². The summed E-state index contributed by atoms with van der Waals surface area (Å²) in [5.74, 6) is 0.863. The highest BCUT2D eigenvalue weighted by Crippen LogP contribution is 1.85. The van der Waals surface area contributed by atoms with Crippen molar-refractivity contribution in [1.82, 2.24) is 25.5 Å². The molecule has 0 bridgehead atoms. The lowest BCUT2D eigenvalue weighted by molar-refractivity contribution is 0.626. The first-order chi connectivity index (χ1) is 4.84. The van der Waals surface area contributed by atoms with E-state index >= 15 is 0 Å². The van der Waals surface area contributed by atoms with E-state index in [0.717, 1.165) is 18.9 Å². The molecule has 0 amide bonds. The highest BCUT2D eigenvalue weighted by molar-refractivity contribution is 5.85. The van der Waals surface area contributed by atoms with Gasteiger partial charge in [0.25, 0.3) is 0 Å². The van der Waals surface area contributed by atoms with Crippen LogP contribution in [0.2, 0.25) is 0 Å². The minimum Gasteiger partial charge on any atom is -0.310 e. The van der Waals surface area contributed by atoms with Crippen molar-refractivity contribution in [2.75, 3.05) is 6.54 Å². The van der Waals surface area contributed by atoms with Gasteiger partial charge in [-0.2, -0.15) is 0 Å². The summed E-state index contributed by atoms with van der Waals surface area (Å²) in [6, 6.07) is 0. The Morgan fingerprint density at radius 2 is 2.27 bits per heavy atom.